The average molecular weight is 268 g/mol. The van der Waals surface area contributed by atoms with Crippen LogP contribution in [0.1, 0.15) is 17.3 Å². The van der Waals surface area contributed by atoms with Crippen molar-refractivity contribution in [3.8, 4) is 5.75 Å². The van der Waals surface area contributed by atoms with Gasteiger partial charge in [0.25, 0.3) is 5.89 Å². The molecule has 0 amide bonds. The average Bonchev–Trinajstić information content (AvgIpc) is 2.76. The molecule has 2 aromatic rings. The molecule has 0 radical (unpaired) electrons. The molecule has 1 N–H and O–H groups in total. The van der Waals surface area contributed by atoms with Gasteiger partial charge in [0, 0.05) is 24.1 Å². The van der Waals surface area contributed by atoms with Crippen LogP contribution >= 0.6 is 11.6 Å². The molecule has 1 heterocycles. The van der Waals surface area contributed by atoms with Gasteiger partial charge in [-0.25, -0.2) is 0 Å². The van der Waals surface area contributed by atoms with Crippen molar-refractivity contribution in [2.45, 2.75) is 20.1 Å². The monoisotopic (exact) mass is 267 g/mol. The molecule has 96 valence electrons. The molecule has 0 saturated carbocycles. The van der Waals surface area contributed by atoms with Crippen molar-refractivity contribution in [2.24, 2.45) is 0 Å². The van der Waals surface area contributed by atoms with Gasteiger partial charge in [0.2, 0.25) is 5.89 Å². The summed E-state index contributed by atoms with van der Waals surface area (Å²) in [6.07, 6.45) is 0. The van der Waals surface area contributed by atoms with E-state index < -0.39 is 0 Å². The quantitative estimate of drug-likeness (QED) is 0.901. The van der Waals surface area contributed by atoms with E-state index in [1.54, 1.807) is 6.92 Å². The fourth-order valence-corrected chi connectivity index (χ4v) is 1.79. The van der Waals surface area contributed by atoms with Crippen molar-refractivity contribution >= 4 is 11.6 Å². The van der Waals surface area contributed by atoms with E-state index in [-0.39, 0.29) is 6.61 Å². The number of hydrogen-bond donors (Lipinski definition) is 1. The van der Waals surface area contributed by atoms with E-state index in [0.717, 1.165) is 5.56 Å². The molecular formula is C12H14ClN3O2. The number of nitrogens with zero attached hydrogens (tertiary/aromatic N) is 2. The van der Waals surface area contributed by atoms with E-state index in [1.165, 1.54) is 0 Å². The molecule has 0 aliphatic heterocycles. The Balaban J connectivity index is 2.11. The summed E-state index contributed by atoms with van der Waals surface area (Å²) in [4.78, 5) is 0. The fourth-order valence-electron chi connectivity index (χ4n) is 1.56. The van der Waals surface area contributed by atoms with Gasteiger partial charge in [-0.1, -0.05) is 17.7 Å². The molecule has 0 fully saturated rings. The van der Waals surface area contributed by atoms with Gasteiger partial charge in [0.05, 0.1) is 0 Å². The van der Waals surface area contributed by atoms with Crippen LogP contribution < -0.4 is 10.1 Å². The SMILES string of the molecule is CNCc1c(Cl)cccc1OCc1nnc(C)o1. The summed E-state index contributed by atoms with van der Waals surface area (Å²) in [5.74, 6) is 1.69. The van der Waals surface area contributed by atoms with Gasteiger partial charge in [-0.3, -0.25) is 0 Å². The van der Waals surface area contributed by atoms with Crippen LogP contribution in [0, 0.1) is 6.92 Å². The van der Waals surface area contributed by atoms with Gasteiger partial charge in [0.1, 0.15) is 5.75 Å². The third kappa shape index (κ3) is 3.00. The Hall–Kier alpha value is -1.59. The number of hydrogen-bond acceptors (Lipinski definition) is 5. The van der Waals surface area contributed by atoms with Crippen LogP contribution in [0.3, 0.4) is 0 Å². The number of halogens is 1. The minimum absolute atomic E-state index is 0.234. The third-order valence-electron chi connectivity index (χ3n) is 2.35. The Labute approximate surface area is 110 Å². The van der Waals surface area contributed by atoms with Crippen LogP contribution in [0.25, 0.3) is 0 Å². The van der Waals surface area contributed by atoms with E-state index in [0.29, 0.717) is 29.1 Å². The molecule has 6 heteroatoms. The topological polar surface area (TPSA) is 60.2 Å². The normalized spacial score (nSPS) is 10.6. The fraction of sp³-hybridized carbons (Fsp3) is 0.333. The van der Waals surface area contributed by atoms with Crippen LogP contribution in [-0.4, -0.2) is 17.2 Å². The molecule has 5 nitrogen and oxygen atoms in total. The number of nitrogens with one attached hydrogen (secondary N) is 1. The molecular weight excluding hydrogens is 254 g/mol. The Morgan fingerprint density at radius 2 is 2.22 bits per heavy atom. The second-order valence-corrected chi connectivity index (χ2v) is 4.16. The van der Waals surface area contributed by atoms with E-state index >= 15 is 0 Å². The first-order valence-electron chi connectivity index (χ1n) is 5.54. The lowest BCUT2D eigenvalue weighted by Crippen LogP contribution is -2.08. The lowest BCUT2D eigenvalue weighted by atomic mass is 10.2. The minimum atomic E-state index is 0.234. The first-order chi connectivity index (χ1) is 8.70. The highest BCUT2D eigenvalue weighted by atomic mass is 35.5. The van der Waals surface area contributed by atoms with Crippen LogP contribution in [0.5, 0.6) is 5.75 Å². The van der Waals surface area contributed by atoms with Crippen LogP contribution in [0.15, 0.2) is 22.6 Å². The zero-order valence-electron chi connectivity index (χ0n) is 10.2. The molecule has 0 aliphatic rings. The van der Waals surface area contributed by atoms with Crippen LogP contribution in [0.4, 0.5) is 0 Å². The first-order valence-corrected chi connectivity index (χ1v) is 5.92. The Bertz CT molecular complexity index is 528. The molecule has 18 heavy (non-hydrogen) atoms. The summed E-state index contributed by atoms with van der Waals surface area (Å²) in [7, 11) is 1.86. The molecule has 0 saturated heterocycles. The van der Waals surface area contributed by atoms with Crippen molar-refractivity contribution in [1.82, 2.24) is 15.5 Å². The van der Waals surface area contributed by atoms with E-state index in [4.69, 9.17) is 20.8 Å². The van der Waals surface area contributed by atoms with E-state index in [9.17, 15) is 0 Å². The highest BCUT2D eigenvalue weighted by Gasteiger charge is 2.09. The smallest absolute Gasteiger partial charge is 0.253 e. The molecule has 1 aromatic carbocycles. The largest absolute Gasteiger partial charge is 0.483 e. The summed E-state index contributed by atoms with van der Waals surface area (Å²) in [5.41, 5.74) is 0.915. The summed E-state index contributed by atoms with van der Waals surface area (Å²) < 4.78 is 10.9. The maximum Gasteiger partial charge on any atom is 0.253 e. The third-order valence-corrected chi connectivity index (χ3v) is 2.70. The zero-order valence-corrected chi connectivity index (χ0v) is 11.0. The highest BCUT2D eigenvalue weighted by Crippen LogP contribution is 2.26. The molecule has 1 aromatic heterocycles. The van der Waals surface area contributed by atoms with Gasteiger partial charge < -0.3 is 14.5 Å². The molecule has 0 spiro atoms. The molecule has 2 rings (SSSR count). The number of aryl methyl sites for hydroxylation is 1. The van der Waals surface area contributed by atoms with Crippen molar-refractivity contribution < 1.29 is 9.15 Å². The Morgan fingerprint density at radius 1 is 1.39 bits per heavy atom. The minimum Gasteiger partial charge on any atom is -0.483 e. The number of benzene rings is 1. The zero-order chi connectivity index (χ0) is 13.0. The second kappa shape index (κ2) is 5.84. The van der Waals surface area contributed by atoms with Gasteiger partial charge in [-0.2, -0.15) is 0 Å². The molecule has 0 bridgehead atoms. The Kier molecular flexibility index (Phi) is 4.17. The van der Waals surface area contributed by atoms with Crippen LogP contribution in [-0.2, 0) is 13.2 Å². The van der Waals surface area contributed by atoms with Gasteiger partial charge in [0.15, 0.2) is 6.61 Å². The highest BCUT2D eigenvalue weighted by molar-refractivity contribution is 6.31. The van der Waals surface area contributed by atoms with E-state index in [1.807, 2.05) is 25.2 Å². The summed E-state index contributed by atoms with van der Waals surface area (Å²) >= 11 is 6.12. The predicted molar refractivity (Wildman–Crippen MR) is 67.6 cm³/mol. The Morgan fingerprint density at radius 3 is 2.89 bits per heavy atom. The standard InChI is InChI=1S/C12H14ClN3O2/c1-8-15-16-12(18-8)7-17-11-5-3-4-10(13)9(11)6-14-2/h3-5,14H,6-7H2,1-2H3. The molecule has 0 aliphatic carbocycles. The van der Waals surface area contributed by atoms with Crippen molar-refractivity contribution in [3.63, 3.8) is 0 Å². The lowest BCUT2D eigenvalue weighted by molar-refractivity contribution is 0.258. The number of ether oxygens (including phenoxy) is 1. The van der Waals surface area contributed by atoms with Crippen LogP contribution in [0.2, 0.25) is 5.02 Å². The van der Waals surface area contributed by atoms with E-state index in [2.05, 4.69) is 15.5 Å². The first kappa shape index (κ1) is 12.9. The molecule has 0 atom stereocenters. The van der Waals surface area contributed by atoms with Crippen molar-refractivity contribution in [3.05, 3.63) is 40.6 Å². The number of rotatable bonds is 5. The van der Waals surface area contributed by atoms with Crippen molar-refractivity contribution in [2.75, 3.05) is 7.05 Å². The lowest BCUT2D eigenvalue weighted by Gasteiger charge is -2.11. The summed E-state index contributed by atoms with van der Waals surface area (Å²) in [5, 5.41) is 11.3. The molecule has 0 unspecified atom stereocenters. The second-order valence-electron chi connectivity index (χ2n) is 3.75. The maximum atomic E-state index is 6.12. The summed E-state index contributed by atoms with van der Waals surface area (Å²) in [6.45, 7) is 2.61. The number of aromatic nitrogens is 2. The van der Waals surface area contributed by atoms with Gasteiger partial charge in [-0.15, -0.1) is 10.2 Å². The predicted octanol–water partition coefficient (Wildman–Crippen LogP) is 2.33. The van der Waals surface area contributed by atoms with Gasteiger partial charge >= 0.3 is 0 Å². The van der Waals surface area contributed by atoms with Crippen molar-refractivity contribution in [1.29, 1.82) is 0 Å². The summed E-state index contributed by atoms with van der Waals surface area (Å²) in [6, 6.07) is 5.54. The van der Waals surface area contributed by atoms with Gasteiger partial charge in [-0.05, 0) is 19.2 Å². The maximum absolute atomic E-state index is 6.12.